The third-order valence-electron chi connectivity index (χ3n) is 13.8. The summed E-state index contributed by atoms with van der Waals surface area (Å²) in [5.74, 6) is -6.50. The van der Waals surface area contributed by atoms with Crippen molar-refractivity contribution in [2.75, 3.05) is 19.8 Å². The van der Waals surface area contributed by atoms with Crippen LogP contribution in [0.5, 0.6) is 0 Å². The Morgan fingerprint density at radius 1 is 0.873 bits per heavy atom. The first-order valence-corrected chi connectivity index (χ1v) is 24.7. The molecule has 6 rings (SSSR count). The number of nitrogens with one attached hydrogen (secondary N) is 2. The fourth-order valence-corrected chi connectivity index (χ4v) is 10.7. The van der Waals surface area contributed by atoms with Gasteiger partial charge < -0.3 is 58.7 Å². The lowest BCUT2D eigenvalue weighted by molar-refractivity contribution is -0.346. The van der Waals surface area contributed by atoms with Gasteiger partial charge in [-0.25, -0.2) is 24.0 Å². The molecule has 1 aromatic carbocycles. The molecule has 2 amide bonds. The van der Waals surface area contributed by atoms with Crippen molar-refractivity contribution < 1.29 is 81.7 Å². The molecule has 394 valence electrons. The number of alkyl halides is 6. The van der Waals surface area contributed by atoms with Crippen molar-refractivity contribution >= 4 is 112 Å². The highest BCUT2D eigenvalue weighted by atomic mass is 35.6. The molecular weight excluding hydrogens is 1070 g/mol. The summed E-state index contributed by atoms with van der Waals surface area (Å²) >= 11 is 35.3. The number of urea groups is 1. The summed E-state index contributed by atoms with van der Waals surface area (Å²) in [6, 6.07) is 5.72. The van der Waals surface area contributed by atoms with Crippen molar-refractivity contribution in [2.45, 2.75) is 148 Å². The van der Waals surface area contributed by atoms with Crippen LogP contribution in [0.3, 0.4) is 0 Å². The van der Waals surface area contributed by atoms with E-state index in [1.165, 1.54) is 52.0 Å². The van der Waals surface area contributed by atoms with Crippen LogP contribution in [-0.4, -0.2) is 139 Å². The lowest BCUT2D eigenvalue weighted by Gasteiger charge is -2.67. The summed E-state index contributed by atoms with van der Waals surface area (Å²) < 4.78 is 42.4. The van der Waals surface area contributed by atoms with Crippen molar-refractivity contribution in [2.24, 2.45) is 22.7 Å². The van der Waals surface area contributed by atoms with Crippen LogP contribution >= 0.6 is 69.6 Å². The number of halogens is 6. The lowest BCUT2D eigenvalue weighted by atomic mass is 9.44. The molecule has 2 unspecified atom stereocenters. The molecule has 0 aromatic heterocycles. The molecular formula is C46H56Cl6N2O17. The van der Waals surface area contributed by atoms with Gasteiger partial charge in [-0.3, -0.25) is 9.59 Å². The predicted octanol–water partition coefficient (Wildman–Crippen LogP) is 6.93. The van der Waals surface area contributed by atoms with Gasteiger partial charge in [0.2, 0.25) is 7.59 Å². The number of ether oxygens (including phenoxy) is 8. The number of carbonyl (C=O) groups is 7. The molecule has 0 radical (unpaired) electrons. The second-order valence-corrected chi connectivity index (χ2v) is 25.3. The molecule has 2 bridgehead atoms. The van der Waals surface area contributed by atoms with Gasteiger partial charge in [-0.2, -0.15) is 0 Å². The van der Waals surface area contributed by atoms with Crippen LogP contribution in [0.2, 0.25) is 0 Å². The Morgan fingerprint density at radius 3 is 1.96 bits per heavy atom. The van der Waals surface area contributed by atoms with E-state index in [0.717, 1.165) is 6.92 Å². The van der Waals surface area contributed by atoms with Crippen molar-refractivity contribution in [3.05, 3.63) is 47.0 Å². The van der Waals surface area contributed by atoms with Crippen molar-refractivity contribution in [3.63, 3.8) is 0 Å². The molecule has 3 saturated carbocycles. The van der Waals surface area contributed by atoms with Gasteiger partial charge in [0.05, 0.1) is 29.5 Å². The molecule has 5 aliphatic rings. The number of aliphatic hydroxyl groups is 2. The van der Waals surface area contributed by atoms with Crippen LogP contribution < -0.4 is 10.6 Å². The van der Waals surface area contributed by atoms with Gasteiger partial charge in [0, 0.05) is 30.7 Å². The van der Waals surface area contributed by atoms with Gasteiger partial charge in [-0.15, -0.1) is 0 Å². The number of fused-ring (bicyclic) bond motifs is 5. The predicted molar refractivity (Wildman–Crippen MR) is 254 cm³/mol. The van der Waals surface area contributed by atoms with Gasteiger partial charge in [-0.05, 0) is 76.7 Å². The normalized spacial score (nSPS) is 31.0. The van der Waals surface area contributed by atoms with Gasteiger partial charge in [0.1, 0.15) is 43.2 Å². The maximum absolute atomic E-state index is 16.2. The second kappa shape index (κ2) is 20.6. The maximum Gasteiger partial charge on any atom is 0.509 e. The molecule has 19 nitrogen and oxygen atoms in total. The number of benzene rings is 1. The zero-order valence-corrected chi connectivity index (χ0v) is 44.4. The first-order chi connectivity index (χ1) is 32.6. The Bertz CT molecular complexity index is 2300. The van der Waals surface area contributed by atoms with E-state index in [1.807, 2.05) is 0 Å². The van der Waals surface area contributed by atoms with E-state index in [-0.39, 0.29) is 22.6 Å². The molecule has 1 heterocycles. The molecule has 4 aliphatic carbocycles. The van der Waals surface area contributed by atoms with Crippen LogP contribution in [0.4, 0.5) is 14.4 Å². The minimum absolute atomic E-state index is 0.000683. The Morgan fingerprint density at radius 2 is 1.45 bits per heavy atom. The van der Waals surface area contributed by atoms with E-state index in [2.05, 4.69) is 10.6 Å². The van der Waals surface area contributed by atoms with Gasteiger partial charge in [0.25, 0.3) is 0 Å². The third kappa shape index (κ3) is 12.0. The zero-order chi connectivity index (χ0) is 53.0. The molecule has 1 saturated heterocycles. The number of Topliss-reactive ketones (excluding diaryl/α,β-unsaturated/α-hetero) is 1. The molecule has 0 spiro atoms. The number of hydrogen-bond donors (Lipinski definition) is 4. The summed E-state index contributed by atoms with van der Waals surface area (Å²) in [7, 11) is 0. The number of aliphatic hydroxyl groups excluding tert-OH is 1. The molecule has 1 aromatic rings. The second-order valence-electron chi connectivity index (χ2n) is 20.2. The van der Waals surface area contributed by atoms with E-state index in [1.54, 1.807) is 26.8 Å². The smallest absolute Gasteiger partial charge is 0.456 e. The summed E-state index contributed by atoms with van der Waals surface area (Å²) in [4.78, 5) is 98.8. The van der Waals surface area contributed by atoms with E-state index < -0.39 is 158 Å². The number of hydrogen-bond acceptors (Lipinski definition) is 17. The quantitative estimate of drug-likeness (QED) is 0.0716. The first-order valence-electron chi connectivity index (χ1n) is 22.5. The van der Waals surface area contributed by atoms with Crippen LogP contribution in [0.1, 0.15) is 91.4 Å². The summed E-state index contributed by atoms with van der Waals surface area (Å²) in [5.41, 5.74) is -9.86. The van der Waals surface area contributed by atoms with E-state index in [4.69, 9.17) is 108 Å². The highest BCUT2D eigenvalue weighted by molar-refractivity contribution is 6.68. The van der Waals surface area contributed by atoms with Crippen molar-refractivity contribution in [1.82, 2.24) is 10.6 Å². The lowest BCUT2D eigenvalue weighted by Crippen LogP contribution is -2.82. The van der Waals surface area contributed by atoms with Gasteiger partial charge in [0.15, 0.2) is 23.6 Å². The SMILES string of the molecule is CC(=O)O[C@@]12CO[C@@H]1C[C@H](OC(=O)OCC(Cl)(Cl)Cl)[C@@]1(C)C(=O)[C@H](OC(=O)OCC(Cl)(Cl)Cl)C3=C(C)[C@@H](OC(=O)C(O)C(NC(=O)NC(C)(C)C)C4CC4)C[C@@](O)([C@@H](OC(=O)c4ccccc4)[C@H]21)C3(C)C. The van der Waals surface area contributed by atoms with Gasteiger partial charge in [-0.1, -0.05) is 102 Å². The van der Waals surface area contributed by atoms with Crippen molar-refractivity contribution in [3.8, 4) is 0 Å². The monoisotopic (exact) mass is 1120 g/mol. The summed E-state index contributed by atoms with van der Waals surface area (Å²) in [5, 5.41) is 31.0. The Kier molecular flexibility index (Phi) is 16.5. The Hall–Kier alpha value is -3.53. The van der Waals surface area contributed by atoms with Crippen LogP contribution in [0.15, 0.2) is 41.5 Å². The van der Waals surface area contributed by atoms with Gasteiger partial charge >= 0.3 is 36.2 Å². The molecule has 11 atom stereocenters. The average Bonchev–Trinajstić information content (AvgIpc) is 4.09. The minimum atomic E-state index is -2.61. The zero-order valence-electron chi connectivity index (χ0n) is 39.8. The average molecular weight is 1120 g/mol. The highest BCUT2D eigenvalue weighted by Gasteiger charge is 2.79. The number of esters is 3. The van der Waals surface area contributed by atoms with E-state index in [0.29, 0.717) is 12.8 Å². The maximum atomic E-state index is 16.2. The fraction of sp³-hybridized carbons (Fsp3) is 0.674. The molecule has 1 aliphatic heterocycles. The molecule has 25 heteroatoms. The third-order valence-corrected chi connectivity index (χ3v) is 14.4. The Balaban J connectivity index is 1.59. The highest BCUT2D eigenvalue weighted by Crippen LogP contribution is 2.65. The van der Waals surface area contributed by atoms with Crippen molar-refractivity contribution in [1.29, 1.82) is 0 Å². The Labute approximate surface area is 439 Å². The molecule has 4 N–H and O–H groups in total. The minimum Gasteiger partial charge on any atom is -0.456 e. The number of rotatable bonds is 12. The summed E-state index contributed by atoms with van der Waals surface area (Å²) in [6.07, 6.45) is -13.9. The number of ketones is 1. The van der Waals surface area contributed by atoms with Crippen LogP contribution in [0.25, 0.3) is 0 Å². The number of amides is 2. The molecule has 4 fully saturated rings. The molecule has 71 heavy (non-hydrogen) atoms. The van der Waals surface area contributed by atoms with Crippen LogP contribution in [0, 0.1) is 22.7 Å². The summed E-state index contributed by atoms with van der Waals surface area (Å²) in [6.45, 7) is 9.65. The van der Waals surface area contributed by atoms with Crippen LogP contribution in [-0.2, 0) is 52.3 Å². The topological polar surface area (TPSA) is 258 Å². The standard InChI is InChI=1S/C46H56Cl6N2O17/c1-21-25(67-36(59)30(56)29(23-14-15-23)53-37(60)54-40(3,4)5)17-44(63)34(70-35(58)24-12-10-9-11-13-24)32-42(8,33(57)31(28(21)41(44,6)7)69-39(62)66-20-46(50,51)52)26(68-38(61)65-19-45(47,48)49)16-27-43(32,18-64-27)71-22(2)55/h9-13,23,25-27,29-32,34,56,63H,14-20H2,1-8H3,(H2,53,54,60)/t25-,26-,27+,29?,30?,31+,32-,34-,42+,43-,44+/m0/s1. The first kappa shape index (κ1) is 56.8. The number of carbonyl (C=O) groups excluding carboxylic acids is 7. The van der Waals surface area contributed by atoms with E-state index in [9.17, 15) is 39.0 Å². The largest absolute Gasteiger partial charge is 0.509 e. The fourth-order valence-electron chi connectivity index (χ4n) is 10.4. The van der Waals surface area contributed by atoms with E-state index >= 15 is 4.79 Å².